The number of carbonyl (C=O) groups is 3. The Balaban J connectivity index is 0.000000327. The van der Waals surface area contributed by atoms with Crippen LogP contribution in [0.1, 0.15) is 80.5 Å². The van der Waals surface area contributed by atoms with Gasteiger partial charge in [0.05, 0.1) is 20.0 Å². The van der Waals surface area contributed by atoms with Gasteiger partial charge in [0.25, 0.3) is 0 Å². The molecule has 0 aliphatic rings. The third-order valence-corrected chi connectivity index (χ3v) is 4.97. The molecule has 4 aromatic rings. The van der Waals surface area contributed by atoms with Gasteiger partial charge in [-0.15, -0.1) is 0 Å². The summed E-state index contributed by atoms with van der Waals surface area (Å²) in [6.07, 6.45) is 1.77. The molecule has 4 N–H and O–H groups in total. The number of carbonyl (C=O) groups excluding carboxylic acids is 2. The van der Waals surface area contributed by atoms with Crippen LogP contribution in [0.5, 0.6) is 0 Å². The first kappa shape index (κ1) is 40.8. The molecule has 4 rings (SSSR count). The van der Waals surface area contributed by atoms with Crippen LogP contribution in [0.2, 0.25) is 0 Å². The third-order valence-electron chi connectivity index (χ3n) is 4.97. The molecule has 1 amide bonds. The number of nitrogens with zero attached hydrogens (tertiary/aromatic N) is 8. The molecule has 0 aliphatic carbocycles. The van der Waals surface area contributed by atoms with Crippen molar-refractivity contribution in [2.45, 2.75) is 92.6 Å². The lowest BCUT2D eigenvalue weighted by Gasteiger charge is -2.19. The van der Waals surface area contributed by atoms with Crippen molar-refractivity contribution < 1.29 is 47.1 Å². The number of rotatable bonds is 11. The lowest BCUT2D eigenvalue weighted by Crippen LogP contribution is -2.33. The van der Waals surface area contributed by atoms with Crippen LogP contribution in [0.15, 0.2) is 18.1 Å². The normalized spacial score (nSPS) is 10.4. The predicted molar refractivity (Wildman–Crippen MR) is 163 cm³/mol. The standard InChI is InChI=1S/C10H17N3O3.C7H10N2O3.C6H8N2O3.C5H9N3O/c1-7-12-8(16-13-7)5-6-11-9(14)15-10(2,3)4;1-5-8-6(12-9-5)3-4-7(10)11-2;1-4-7-5(11-8-4)2-3-6(9)10;1-4-7-5(2-3-6)9-8-4/h5-6H2,1-4H3,(H,11,14);3-4H2,1-2H3;2-3H2,1H3,(H,9,10);2-3,6H2,1H3. The molecule has 0 saturated carbocycles. The minimum absolute atomic E-state index is 0.0294. The summed E-state index contributed by atoms with van der Waals surface area (Å²) in [6.45, 7) is 13.4. The first-order valence-corrected chi connectivity index (χ1v) is 14.7. The predicted octanol–water partition coefficient (Wildman–Crippen LogP) is 2.20. The molecule has 0 atom stereocenters. The summed E-state index contributed by atoms with van der Waals surface area (Å²) in [7, 11) is 1.35. The summed E-state index contributed by atoms with van der Waals surface area (Å²) in [5.74, 6) is 3.21. The number of esters is 1. The highest BCUT2D eigenvalue weighted by molar-refractivity contribution is 5.69. The Labute approximate surface area is 276 Å². The Morgan fingerprint density at radius 3 is 1.44 bits per heavy atom. The molecule has 48 heavy (non-hydrogen) atoms. The highest BCUT2D eigenvalue weighted by Gasteiger charge is 2.16. The number of hydrogen-bond donors (Lipinski definition) is 3. The molecule has 20 heteroatoms. The molecule has 4 heterocycles. The molecule has 0 bridgehead atoms. The Morgan fingerprint density at radius 2 is 1.10 bits per heavy atom. The number of methoxy groups -OCH3 is 1. The van der Waals surface area contributed by atoms with Gasteiger partial charge in [-0.05, 0) is 48.5 Å². The molecule has 266 valence electrons. The lowest BCUT2D eigenvalue weighted by molar-refractivity contribution is -0.140. The second kappa shape index (κ2) is 21.5. The molecule has 0 saturated heterocycles. The zero-order chi connectivity index (χ0) is 36.1. The van der Waals surface area contributed by atoms with Gasteiger partial charge in [0, 0.05) is 38.8 Å². The van der Waals surface area contributed by atoms with E-state index in [1.165, 1.54) is 7.11 Å². The van der Waals surface area contributed by atoms with Crippen molar-refractivity contribution in [3.05, 3.63) is 46.9 Å². The van der Waals surface area contributed by atoms with E-state index in [-0.39, 0.29) is 18.8 Å². The number of nitrogens with one attached hydrogen (secondary N) is 1. The first-order chi connectivity index (χ1) is 22.6. The van der Waals surface area contributed by atoms with Crippen molar-refractivity contribution in [3.8, 4) is 0 Å². The molecular formula is C28H44N10O10. The SMILES string of the molecule is COC(=O)CCc1nc(C)no1.Cc1noc(CCC(=O)O)n1.Cc1noc(CCN)n1.Cc1noc(CCNC(=O)OC(C)(C)C)n1. The number of aliphatic carboxylic acids is 1. The van der Waals surface area contributed by atoms with E-state index >= 15 is 0 Å². The highest BCUT2D eigenvalue weighted by Crippen LogP contribution is 2.06. The fourth-order valence-electron chi connectivity index (χ4n) is 3.00. The van der Waals surface area contributed by atoms with Gasteiger partial charge in [0.15, 0.2) is 23.3 Å². The van der Waals surface area contributed by atoms with Crippen LogP contribution in [0.25, 0.3) is 0 Å². The van der Waals surface area contributed by atoms with Crippen molar-refractivity contribution in [1.82, 2.24) is 45.9 Å². The molecule has 20 nitrogen and oxygen atoms in total. The number of ether oxygens (including phenoxy) is 2. The van der Waals surface area contributed by atoms with Crippen LogP contribution in [-0.4, -0.2) is 89.5 Å². The third kappa shape index (κ3) is 20.0. The zero-order valence-electron chi connectivity index (χ0n) is 28.4. The Hall–Kier alpha value is -5.27. The second-order valence-corrected chi connectivity index (χ2v) is 10.6. The summed E-state index contributed by atoms with van der Waals surface area (Å²) in [5.41, 5.74) is 4.76. The quantitative estimate of drug-likeness (QED) is 0.191. The van der Waals surface area contributed by atoms with E-state index in [0.717, 1.165) is 0 Å². The Kier molecular flexibility index (Phi) is 18.3. The number of nitrogens with two attached hydrogens (primary N) is 1. The van der Waals surface area contributed by atoms with E-state index in [4.69, 9.17) is 33.7 Å². The van der Waals surface area contributed by atoms with E-state index < -0.39 is 17.7 Å². The van der Waals surface area contributed by atoms with Gasteiger partial charge < -0.3 is 43.7 Å². The van der Waals surface area contributed by atoms with Crippen LogP contribution < -0.4 is 11.1 Å². The van der Waals surface area contributed by atoms with Crippen LogP contribution in [0.3, 0.4) is 0 Å². The van der Waals surface area contributed by atoms with Crippen LogP contribution in [0.4, 0.5) is 4.79 Å². The van der Waals surface area contributed by atoms with Crippen molar-refractivity contribution in [1.29, 1.82) is 0 Å². The second-order valence-electron chi connectivity index (χ2n) is 10.6. The average molecular weight is 681 g/mol. The van der Waals surface area contributed by atoms with E-state index in [1.54, 1.807) is 27.7 Å². The van der Waals surface area contributed by atoms with Gasteiger partial charge in [-0.3, -0.25) is 9.59 Å². The van der Waals surface area contributed by atoms with Gasteiger partial charge in [0.2, 0.25) is 23.6 Å². The number of aryl methyl sites for hydroxylation is 6. The molecule has 0 unspecified atom stereocenters. The summed E-state index contributed by atoms with van der Waals surface area (Å²) in [5, 5.41) is 25.2. The zero-order valence-corrected chi connectivity index (χ0v) is 28.4. The van der Waals surface area contributed by atoms with Crippen LogP contribution >= 0.6 is 0 Å². The van der Waals surface area contributed by atoms with E-state index in [0.29, 0.717) is 85.6 Å². The number of carboxylic acids is 1. The van der Waals surface area contributed by atoms with Crippen molar-refractivity contribution in [3.63, 3.8) is 0 Å². The molecule has 0 aromatic carbocycles. The minimum Gasteiger partial charge on any atom is -0.481 e. The molecule has 0 aliphatic heterocycles. The van der Waals surface area contributed by atoms with Gasteiger partial charge in [-0.25, -0.2) is 4.79 Å². The van der Waals surface area contributed by atoms with Crippen molar-refractivity contribution >= 4 is 18.0 Å². The first-order valence-electron chi connectivity index (χ1n) is 14.7. The number of hydrogen-bond acceptors (Lipinski definition) is 18. The topological polar surface area (TPSA) is 284 Å². The van der Waals surface area contributed by atoms with E-state index in [1.807, 2.05) is 20.8 Å². The lowest BCUT2D eigenvalue weighted by atomic mass is 10.2. The van der Waals surface area contributed by atoms with Gasteiger partial charge in [-0.2, -0.15) is 19.9 Å². The van der Waals surface area contributed by atoms with Crippen molar-refractivity contribution in [2.75, 3.05) is 20.2 Å². The number of carboxylic acid groups (broad SMARTS) is 1. The van der Waals surface area contributed by atoms with Gasteiger partial charge in [-0.1, -0.05) is 20.6 Å². The summed E-state index contributed by atoms with van der Waals surface area (Å²) < 4.78 is 28.7. The number of alkyl carbamates (subject to hydrolysis) is 1. The maximum atomic E-state index is 11.3. The molecule has 0 spiro atoms. The minimum atomic E-state index is -0.860. The fraction of sp³-hybridized carbons (Fsp3) is 0.607. The van der Waals surface area contributed by atoms with Gasteiger partial charge >= 0.3 is 18.0 Å². The maximum absolute atomic E-state index is 11.3. The number of amides is 1. The smallest absolute Gasteiger partial charge is 0.407 e. The summed E-state index contributed by atoms with van der Waals surface area (Å²) >= 11 is 0. The maximum Gasteiger partial charge on any atom is 0.407 e. The summed E-state index contributed by atoms with van der Waals surface area (Å²) in [6, 6.07) is 0. The Bertz CT molecular complexity index is 1510. The van der Waals surface area contributed by atoms with E-state index in [2.05, 4.69) is 50.6 Å². The van der Waals surface area contributed by atoms with Gasteiger partial charge in [0.1, 0.15) is 5.60 Å². The monoisotopic (exact) mass is 680 g/mol. The van der Waals surface area contributed by atoms with E-state index in [9.17, 15) is 14.4 Å². The molecule has 4 aromatic heterocycles. The van der Waals surface area contributed by atoms with Crippen molar-refractivity contribution in [2.24, 2.45) is 5.73 Å². The van der Waals surface area contributed by atoms with Crippen LogP contribution in [-0.2, 0) is 44.7 Å². The number of aromatic nitrogens is 8. The summed E-state index contributed by atoms with van der Waals surface area (Å²) in [4.78, 5) is 47.8. The Morgan fingerprint density at radius 1 is 0.708 bits per heavy atom. The largest absolute Gasteiger partial charge is 0.481 e. The fourth-order valence-corrected chi connectivity index (χ4v) is 3.00. The van der Waals surface area contributed by atoms with Crippen LogP contribution in [0, 0.1) is 27.7 Å². The highest BCUT2D eigenvalue weighted by atomic mass is 16.6. The average Bonchev–Trinajstić information content (AvgIpc) is 3.81. The molecule has 0 fully saturated rings. The molecular weight excluding hydrogens is 636 g/mol. The molecule has 0 radical (unpaired) electrons.